The van der Waals surface area contributed by atoms with E-state index in [-0.39, 0.29) is 10.8 Å². The molecule has 0 aliphatic heterocycles. The van der Waals surface area contributed by atoms with Crippen LogP contribution in [-0.4, -0.2) is 34.5 Å². The van der Waals surface area contributed by atoms with Gasteiger partial charge in [0.25, 0.3) is 5.91 Å². The zero-order valence-corrected chi connectivity index (χ0v) is 18.9. The minimum atomic E-state index is -3.35. The lowest BCUT2D eigenvalue weighted by molar-refractivity contribution is 0.0952. The maximum Gasteiger partial charge on any atom is 0.255 e. The lowest BCUT2D eigenvalue weighted by Crippen LogP contribution is -2.22. The van der Waals surface area contributed by atoms with Crippen LogP contribution in [0.5, 0.6) is 0 Å². The Labute approximate surface area is 186 Å². The molecule has 0 radical (unpaired) electrons. The Morgan fingerprint density at radius 3 is 2.41 bits per heavy atom. The predicted octanol–water partition coefficient (Wildman–Crippen LogP) is 4.05. The normalized spacial score (nSPS) is 11.8. The van der Waals surface area contributed by atoms with Gasteiger partial charge in [0.1, 0.15) is 5.52 Å². The Balaban J connectivity index is 1.58. The van der Waals surface area contributed by atoms with Crippen LogP contribution >= 0.6 is 0 Å². The second-order valence-corrected chi connectivity index (χ2v) is 10.4. The Hall–Kier alpha value is -3.52. The number of sulfone groups is 1. The predicted molar refractivity (Wildman–Crippen MR) is 124 cm³/mol. The van der Waals surface area contributed by atoms with E-state index in [0.29, 0.717) is 34.5 Å². The first kappa shape index (κ1) is 21.7. The SMILES string of the molecule is Cc1ccc(CNC(=O)c2c[nH]c3ncc(-c4ccc(S(=O)(=O)C(C)C)cc4)nc23)cc1. The van der Waals surface area contributed by atoms with Gasteiger partial charge in [0, 0.05) is 18.3 Å². The van der Waals surface area contributed by atoms with Crippen molar-refractivity contribution in [2.24, 2.45) is 0 Å². The topological polar surface area (TPSA) is 105 Å². The highest BCUT2D eigenvalue weighted by Crippen LogP contribution is 2.24. The van der Waals surface area contributed by atoms with Gasteiger partial charge < -0.3 is 10.3 Å². The summed E-state index contributed by atoms with van der Waals surface area (Å²) in [5.74, 6) is -0.248. The van der Waals surface area contributed by atoms with Gasteiger partial charge in [-0.25, -0.2) is 18.4 Å². The van der Waals surface area contributed by atoms with Crippen LogP contribution in [0.3, 0.4) is 0 Å². The summed E-state index contributed by atoms with van der Waals surface area (Å²) in [6, 6.07) is 14.5. The number of hydrogen-bond donors (Lipinski definition) is 2. The summed E-state index contributed by atoms with van der Waals surface area (Å²) in [6.45, 7) is 5.73. The van der Waals surface area contributed by atoms with Crippen LogP contribution in [0.1, 0.15) is 35.3 Å². The zero-order valence-electron chi connectivity index (χ0n) is 18.1. The number of benzene rings is 2. The van der Waals surface area contributed by atoms with Crippen LogP contribution in [0.25, 0.3) is 22.4 Å². The van der Waals surface area contributed by atoms with Crippen molar-refractivity contribution in [3.63, 3.8) is 0 Å². The molecule has 4 aromatic rings. The van der Waals surface area contributed by atoms with Crippen molar-refractivity contribution in [3.05, 3.63) is 77.6 Å². The van der Waals surface area contributed by atoms with E-state index in [1.807, 2.05) is 31.2 Å². The average Bonchev–Trinajstić information content (AvgIpc) is 3.22. The maximum absolute atomic E-state index is 12.8. The van der Waals surface area contributed by atoms with Crippen molar-refractivity contribution < 1.29 is 13.2 Å². The Morgan fingerprint density at radius 1 is 1.06 bits per heavy atom. The largest absolute Gasteiger partial charge is 0.348 e. The summed E-state index contributed by atoms with van der Waals surface area (Å²) in [5, 5.41) is 2.42. The van der Waals surface area contributed by atoms with Crippen molar-refractivity contribution in [3.8, 4) is 11.3 Å². The summed E-state index contributed by atoms with van der Waals surface area (Å²) in [4.78, 5) is 25.0. The van der Waals surface area contributed by atoms with E-state index < -0.39 is 15.1 Å². The van der Waals surface area contributed by atoms with E-state index in [1.165, 1.54) is 0 Å². The van der Waals surface area contributed by atoms with E-state index in [1.54, 1.807) is 50.5 Å². The number of hydrogen-bond acceptors (Lipinski definition) is 5. The molecule has 0 bridgehead atoms. The zero-order chi connectivity index (χ0) is 22.9. The third-order valence-corrected chi connectivity index (χ3v) is 7.47. The van der Waals surface area contributed by atoms with Crippen LogP contribution in [-0.2, 0) is 16.4 Å². The van der Waals surface area contributed by atoms with Crippen LogP contribution in [0.4, 0.5) is 0 Å². The first-order valence-corrected chi connectivity index (χ1v) is 11.8. The second kappa shape index (κ2) is 8.55. The fraction of sp³-hybridized carbons (Fsp3) is 0.208. The Bertz CT molecular complexity index is 1370. The van der Waals surface area contributed by atoms with Crippen LogP contribution in [0.15, 0.2) is 65.8 Å². The quantitative estimate of drug-likeness (QED) is 0.463. The number of aromatic amines is 1. The number of nitrogens with one attached hydrogen (secondary N) is 2. The molecule has 2 N–H and O–H groups in total. The number of carbonyl (C=O) groups excluding carboxylic acids is 1. The van der Waals surface area contributed by atoms with Gasteiger partial charge >= 0.3 is 0 Å². The minimum absolute atomic E-state index is 0.248. The average molecular weight is 449 g/mol. The number of carbonyl (C=O) groups is 1. The number of H-pyrrole nitrogens is 1. The van der Waals surface area contributed by atoms with E-state index in [9.17, 15) is 13.2 Å². The minimum Gasteiger partial charge on any atom is -0.348 e. The van der Waals surface area contributed by atoms with Crippen molar-refractivity contribution in [2.75, 3.05) is 0 Å². The molecule has 0 unspecified atom stereocenters. The molecule has 0 saturated heterocycles. The monoisotopic (exact) mass is 448 g/mol. The molecule has 0 saturated carbocycles. The molecule has 0 spiro atoms. The van der Waals surface area contributed by atoms with Gasteiger partial charge in [-0.2, -0.15) is 0 Å². The molecule has 0 aliphatic carbocycles. The summed E-state index contributed by atoms with van der Waals surface area (Å²) in [7, 11) is -3.35. The second-order valence-electron chi connectivity index (χ2n) is 7.94. The van der Waals surface area contributed by atoms with Crippen LogP contribution < -0.4 is 5.32 Å². The van der Waals surface area contributed by atoms with Gasteiger partial charge in [0.15, 0.2) is 15.5 Å². The molecule has 32 heavy (non-hydrogen) atoms. The molecule has 7 nitrogen and oxygen atoms in total. The summed E-state index contributed by atoms with van der Waals surface area (Å²) in [6.07, 6.45) is 3.19. The highest BCUT2D eigenvalue weighted by molar-refractivity contribution is 7.92. The van der Waals surface area contributed by atoms with Gasteiger partial charge in [0.05, 0.1) is 27.6 Å². The van der Waals surface area contributed by atoms with Crippen molar-refractivity contribution in [2.45, 2.75) is 37.5 Å². The molecule has 2 aromatic heterocycles. The number of aromatic nitrogens is 3. The molecule has 4 rings (SSSR count). The molecule has 8 heteroatoms. The lowest BCUT2D eigenvalue weighted by Gasteiger charge is -2.08. The first-order chi connectivity index (χ1) is 15.3. The van der Waals surface area contributed by atoms with Crippen LogP contribution in [0.2, 0.25) is 0 Å². The Morgan fingerprint density at radius 2 is 1.75 bits per heavy atom. The van der Waals surface area contributed by atoms with Crippen molar-refractivity contribution in [1.29, 1.82) is 0 Å². The summed E-state index contributed by atoms with van der Waals surface area (Å²) in [5.41, 5.74) is 4.81. The van der Waals surface area contributed by atoms with Gasteiger partial charge in [0.2, 0.25) is 0 Å². The van der Waals surface area contributed by atoms with E-state index >= 15 is 0 Å². The van der Waals surface area contributed by atoms with E-state index in [0.717, 1.165) is 11.1 Å². The number of amides is 1. The molecule has 0 atom stereocenters. The summed E-state index contributed by atoms with van der Waals surface area (Å²) < 4.78 is 24.7. The van der Waals surface area contributed by atoms with Crippen molar-refractivity contribution in [1.82, 2.24) is 20.3 Å². The maximum atomic E-state index is 12.8. The molecule has 2 heterocycles. The van der Waals surface area contributed by atoms with Crippen LogP contribution in [0, 0.1) is 6.92 Å². The molecular formula is C24H24N4O3S. The molecule has 164 valence electrons. The molecule has 1 amide bonds. The number of aryl methyl sites for hydroxylation is 1. The van der Waals surface area contributed by atoms with Gasteiger partial charge in [-0.1, -0.05) is 42.0 Å². The van der Waals surface area contributed by atoms with Gasteiger partial charge in [-0.15, -0.1) is 0 Å². The summed E-state index contributed by atoms with van der Waals surface area (Å²) >= 11 is 0. The highest BCUT2D eigenvalue weighted by atomic mass is 32.2. The fourth-order valence-corrected chi connectivity index (χ4v) is 4.33. The fourth-order valence-electron chi connectivity index (χ4n) is 3.27. The number of fused-ring (bicyclic) bond motifs is 1. The Kier molecular flexibility index (Phi) is 5.80. The number of rotatable bonds is 6. The highest BCUT2D eigenvalue weighted by Gasteiger charge is 2.19. The molecule has 2 aromatic carbocycles. The molecule has 0 fully saturated rings. The van der Waals surface area contributed by atoms with Crippen molar-refractivity contribution >= 4 is 26.9 Å². The molecular weight excluding hydrogens is 424 g/mol. The first-order valence-electron chi connectivity index (χ1n) is 10.3. The third kappa shape index (κ3) is 4.27. The molecule has 0 aliphatic rings. The number of nitrogens with zero attached hydrogens (tertiary/aromatic N) is 2. The smallest absolute Gasteiger partial charge is 0.255 e. The standard InChI is InChI=1S/C24H24N4O3S/c1-15(2)32(30,31)19-10-8-18(9-11-19)21-14-26-23-22(28-21)20(13-25-23)24(29)27-12-17-6-4-16(3)5-7-17/h4-11,13-15H,12H2,1-3H3,(H,25,26)(H,27,29). The van der Waals surface area contributed by atoms with E-state index in [2.05, 4.69) is 20.3 Å². The van der Waals surface area contributed by atoms with Gasteiger partial charge in [-0.05, 0) is 38.5 Å². The van der Waals surface area contributed by atoms with E-state index in [4.69, 9.17) is 0 Å². The lowest BCUT2D eigenvalue weighted by atomic mass is 10.1. The third-order valence-electron chi connectivity index (χ3n) is 5.30. The van der Waals surface area contributed by atoms with Gasteiger partial charge in [-0.3, -0.25) is 4.79 Å².